The maximum Gasteiger partial charge on any atom is 0.416 e. The summed E-state index contributed by atoms with van der Waals surface area (Å²) in [5.41, 5.74) is -2.73. The Morgan fingerprint density at radius 1 is 0.484 bits per heavy atom. The van der Waals surface area contributed by atoms with E-state index in [1.54, 1.807) is 25.5 Å². The molecule has 3 nitrogen and oxygen atoms in total. The Kier molecular flexibility index (Phi) is 13.9. The molecule has 6 aromatic rings. The molecule has 0 aliphatic carbocycles. The van der Waals surface area contributed by atoms with Gasteiger partial charge in [-0.25, -0.2) is 0 Å². The number of Topliss-reactive ketones (excluding diaryl/α,β-unsaturated/α-hetero) is 1. The van der Waals surface area contributed by atoms with E-state index < -0.39 is 63.0 Å². The van der Waals surface area contributed by atoms with Gasteiger partial charge in [-0.3, -0.25) is 4.79 Å². The highest BCUT2D eigenvalue weighted by molar-refractivity contribution is 8.02. The fraction of sp³-hybridized carbons (Fsp3) is 0.178. The zero-order chi connectivity index (χ0) is 45.7. The average molecular weight is 895 g/mol. The van der Waals surface area contributed by atoms with Gasteiger partial charge in [0.1, 0.15) is 23.9 Å². The molecule has 0 aliphatic heterocycles. The summed E-state index contributed by atoms with van der Waals surface area (Å²) in [6.45, 7) is 0. The van der Waals surface area contributed by atoms with Gasteiger partial charge in [0, 0.05) is 11.1 Å². The molecule has 0 radical (unpaired) electrons. The van der Waals surface area contributed by atoms with Crippen molar-refractivity contribution in [3.63, 3.8) is 0 Å². The molecule has 1 unspecified atom stereocenters. The molecule has 17 heteroatoms. The normalized spacial score (nSPS) is 13.4. The van der Waals surface area contributed by atoms with E-state index in [-0.39, 0.29) is 33.4 Å². The van der Waals surface area contributed by atoms with Crippen molar-refractivity contribution in [1.82, 2.24) is 0 Å². The lowest BCUT2D eigenvalue weighted by atomic mass is 9.13. The lowest BCUT2D eigenvalue weighted by Crippen LogP contribution is -2.74. The number of hydrogen-bond donors (Lipinski definition) is 0. The second-order valence-electron chi connectivity index (χ2n) is 14.5. The van der Waals surface area contributed by atoms with E-state index >= 15 is 0 Å². The lowest BCUT2D eigenvalue weighted by Gasteiger charge is -2.44. The second-order valence-corrected chi connectivity index (χ2v) is 17.4. The molecule has 0 aliphatic rings. The van der Waals surface area contributed by atoms with Crippen LogP contribution in [0.1, 0.15) is 38.2 Å². The highest BCUT2D eigenvalue weighted by Crippen LogP contribution is 2.32. The Labute approximate surface area is 349 Å². The first-order valence-corrected chi connectivity index (χ1v) is 20.7. The van der Waals surface area contributed by atoms with Crippen molar-refractivity contribution in [3.05, 3.63) is 185 Å². The number of ether oxygens (including phenoxy) is 1. The molecule has 0 fully saturated rings. The van der Waals surface area contributed by atoms with Gasteiger partial charge >= 0.3 is 24.7 Å². The van der Waals surface area contributed by atoms with Crippen molar-refractivity contribution in [2.24, 2.45) is 0 Å². The fourth-order valence-corrected chi connectivity index (χ4v) is 8.83. The first-order valence-electron chi connectivity index (χ1n) is 18.4. The Morgan fingerprint density at radius 3 is 1.06 bits per heavy atom. The monoisotopic (exact) mass is 894 g/mol. The van der Waals surface area contributed by atoms with Crippen LogP contribution in [-0.4, -0.2) is 31.0 Å². The first-order chi connectivity index (χ1) is 28.8. The molecule has 62 heavy (non-hydrogen) atoms. The summed E-state index contributed by atoms with van der Waals surface area (Å²) < 4.78 is 178. The largest absolute Gasteiger partial charge is 0.497 e. The fourth-order valence-electron chi connectivity index (χ4n) is 7.11. The highest BCUT2D eigenvalue weighted by atomic mass is 32.2. The van der Waals surface area contributed by atoms with Crippen LogP contribution in [0, 0.1) is 0 Å². The van der Waals surface area contributed by atoms with Gasteiger partial charge in [0.2, 0.25) is 5.78 Å². The molecule has 0 aromatic heterocycles. The SMILES string of the molecule is COc1ccc(C[S+](C)(=O)CC(=O)c2ccccc2)cc1.FC(F)(F)c1ccc([B-](c2ccc(C(F)(F)F)cc2)(c2ccc(C(F)(F)F)cc2)c2ccc(C(F)(F)F)cc2)cc1. The van der Waals surface area contributed by atoms with E-state index in [2.05, 4.69) is 0 Å². The average Bonchev–Trinajstić information content (AvgIpc) is 3.21. The number of carbonyl (C=O) groups is 1. The van der Waals surface area contributed by atoms with E-state index in [1.165, 1.54) is 0 Å². The molecule has 1 atom stereocenters. The second kappa shape index (κ2) is 18.3. The minimum Gasteiger partial charge on any atom is -0.497 e. The number of benzene rings is 6. The highest BCUT2D eigenvalue weighted by Gasteiger charge is 2.38. The molecule has 0 spiro atoms. The van der Waals surface area contributed by atoms with Gasteiger partial charge in [-0.05, 0) is 12.1 Å². The van der Waals surface area contributed by atoms with Gasteiger partial charge in [0.05, 0.1) is 39.3 Å². The standard InChI is InChI=1S/C28H16BF12.C17H19O3S/c30-25(31,32)17-1-9-21(10-2-17)29(22-11-3-18(4-12-22)26(33,34)35,23-13-5-19(6-14-23)27(36,37)38)24-15-7-20(8-16-24)28(39,40)41;1-20-16-10-8-14(9-11-16)12-21(2,19)13-17(18)15-6-4-3-5-7-15/h1-16H;3-11H,12-13H2,1-2H3/q-1;+1. The number of halogens is 12. The van der Waals surface area contributed by atoms with E-state index in [0.717, 1.165) is 59.8 Å². The van der Waals surface area contributed by atoms with Gasteiger partial charge in [0.25, 0.3) is 0 Å². The van der Waals surface area contributed by atoms with Gasteiger partial charge < -0.3 is 4.74 Å². The van der Waals surface area contributed by atoms with E-state index in [1.807, 2.05) is 42.5 Å². The maximum atomic E-state index is 13.3. The van der Waals surface area contributed by atoms with Crippen LogP contribution < -0.4 is 26.6 Å². The van der Waals surface area contributed by atoms with Crippen molar-refractivity contribution < 1.29 is 66.4 Å². The number of rotatable bonds is 10. The summed E-state index contributed by atoms with van der Waals surface area (Å²) >= 11 is 0. The van der Waals surface area contributed by atoms with E-state index in [4.69, 9.17) is 4.74 Å². The van der Waals surface area contributed by atoms with Gasteiger partial charge in [0.15, 0.2) is 5.75 Å². The maximum absolute atomic E-state index is 13.3. The number of alkyl halides is 12. The molecule has 0 N–H and O–H groups in total. The van der Waals surface area contributed by atoms with Crippen LogP contribution in [0.3, 0.4) is 0 Å². The van der Waals surface area contributed by atoms with Crippen molar-refractivity contribution in [2.45, 2.75) is 30.5 Å². The van der Waals surface area contributed by atoms with Crippen molar-refractivity contribution in [2.75, 3.05) is 19.1 Å². The van der Waals surface area contributed by atoms with Crippen molar-refractivity contribution in [3.8, 4) is 5.75 Å². The van der Waals surface area contributed by atoms with Crippen LogP contribution in [-0.2, 0) is 44.6 Å². The van der Waals surface area contributed by atoms with Crippen LogP contribution in [0.15, 0.2) is 152 Å². The minimum absolute atomic E-state index is 0.0114. The smallest absolute Gasteiger partial charge is 0.416 e. The molecule has 6 aromatic carbocycles. The molecule has 0 heterocycles. The summed E-state index contributed by atoms with van der Waals surface area (Å²) in [6, 6.07) is 30.0. The first kappa shape index (κ1) is 47.2. The Morgan fingerprint density at radius 2 is 0.790 bits per heavy atom. The lowest BCUT2D eigenvalue weighted by molar-refractivity contribution is -0.138. The minimum atomic E-state index is -4.77. The Bertz CT molecular complexity index is 2230. The number of hydrogen-bond acceptors (Lipinski definition) is 3. The molecular formula is C45H35BF12O3S. The number of ketones is 1. The topological polar surface area (TPSA) is 43.4 Å². The van der Waals surface area contributed by atoms with E-state index in [0.29, 0.717) is 59.8 Å². The van der Waals surface area contributed by atoms with Gasteiger partial charge in [-0.2, -0.15) is 74.5 Å². The molecule has 0 saturated carbocycles. The summed E-state index contributed by atoms with van der Waals surface area (Å²) in [5, 5.41) is 0. The Balaban J connectivity index is 0.000000290. The van der Waals surface area contributed by atoms with Crippen LogP contribution >= 0.6 is 0 Å². The molecule has 0 saturated heterocycles. The third kappa shape index (κ3) is 11.3. The third-order valence-corrected chi connectivity index (χ3v) is 11.9. The molecular weight excluding hydrogens is 859 g/mol. The van der Waals surface area contributed by atoms with Crippen LogP contribution in [0.2, 0.25) is 0 Å². The number of carbonyl (C=O) groups excluding carboxylic acids is 1. The summed E-state index contributed by atoms with van der Waals surface area (Å²) in [7, 11) is -0.634. The number of methoxy groups -OCH3 is 1. The van der Waals surface area contributed by atoms with Gasteiger partial charge in [-0.15, -0.1) is 4.21 Å². The predicted octanol–water partition coefficient (Wildman–Crippen LogP) is 10.3. The molecule has 6 rings (SSSR count). The zero-order valence-corrected chi connectivity index (χ0v) is 33.4. The molecule has 0 amide bonds. The molecule has 0 bridgehead atoms. The van der Waals surface area contributed by atoms with Crippen molar-refractivity contribution in [1.29, 1.82) is 0 Å². The quantitative estimate of drug-likeness (QED) is 0.0596. The summed E-state index contributed by atoms with van der Waals surface area (Å²) in [4.78, 5) is 12.2. The Hall–Kier alpha value is -5.84. The van der Waals surface area contributed by atoms with Gasteiger partial charge in [-0.1, -0.05) is 140 Å². The predicted molar refractivity (Wildman–Crippen MR) is 216 cm³/mol. The summed E-state index contributed by atoms with van der Waals surface area (Å²) in [6.07, 6.45) is -20.3. The van der Waals surface area contributed by atoms with E-state index in [9.17, 15) is 61.7 Å². The summed E-state index contributed by atoms with van der Waals surface area (Å²) in [5.74, 6) is 1.16. The zero-order valence-electron chi connectivity index (χ0n) is 32.6. The molecule has 326 valence electrons. The van der Waals surface area contributed by atoms with Crippen LogP contribution in [0.4, 0.5) is 52.7 Å². The van der Waals surface area contributed by atoms with Crippen molar-refractivity contribution >= 4 is 43.7 Å². The third-order valence-electron chi connectivity index (χ3n) is 10.1. The van der Waals surface area contributed by atoms with Crippen LogP contribution in [0.25, 0.3) is 0 Å². The van der Waals surface area contributed by atoms with Crippen LogP contribution in [0.5, 0.6) is 5.75 Å².